The second-order valence-electron chi connectivity index (χ2n) is 5.67. The molecular weight excluding hydrogens is 281 g/mol. The summed E-state index contributed by atoms with van der Waals surface area (Å²) in [6, 6.07) is 5.23. The third kappa shape index (κ3) is 6.85. The first-order chi connectivity index (χ1) is 9.80. The van der Waals surface area contributed by atoms with Crippen LogP contribution in [-0.4, -0.2) is 19.3 Å². The maximum atomic E-state index is 12.6. The van der Waals surface area contributed by atoms with E-state index in [4.69, 9.17) is 9.47 Å². The normalized spacial score (nSPS) is 18.3. The van der Waals surface area contributed by atoms with Gasteiger partial charge < -0.3 is 9.47 Å². The minimum absolute atomic E-state index is 0.0868. The molecule has 1 aliphatic rings. The van der Waals surface area contributed by atoms with Crippen molar-refractivity contribution in [1.82, 2.24) is 0 Å². The Morgan fingerprint density at radius 2 is 1.86 bits per heavy atom. The molecule has 1 saturated heterocycles. The van der Waals surface area contributed by atoms with E-state index in [0.717, 1.165) is 24.8 Å². The highest BCUT2D eigenvalue weighted by atomic mass is 19.4. The first-order valence-corrected chi connectivity index (χ1v) is 7.21. The van der Waals surface area contributed by atoms with Crippen LogP contribution in [0.5, 0.6) is 5.75 Å². The molecule has 5 heteroatoms. The zero-order valence-electron chi connectivity index (χ0n) is 12.7. The predicted molar refractivity (Wildman–Crippen MR) is 76.4 cm³/mol. The van der Waals surface area contributed by atoms with Crippen molar-refractivity contribution in [2.45, 2.75) is 45.9 Å². The standard InChI is InChI=1S/C12H13F3O2.C4H10/c13-12(14,15)10-5-1-2-6-11(10)17-8-9-4-3-7-16-9;1-4(2)3/h1-2,5-6,9H,3-4,7-8H2;4H,1-3H3. The van der Waals surface area contributed by atoms with Gasteiger partial charge in [-0.1, -0.05) is 32.9 Å². The van der Waals surface area contributed by atoms with Crippen molar-refractivity contribution < 1.29 is 22.6 Å². The Balaban J connectivity index is 0.000000491. The highest BCUT2D eigenvalue weighted by Gasteiger charge is 2.34. The minimum Gasteiger partial charge on any atom is -0.490 e. The largest absolute Gasteiger partial charge is 0.490 e. The Bertz CT molecular complexity index is 407. The molecule has 1 aliphatic heterocycles. The zero-order valence-corrected chi connectivity index (χ0v) is 12.7. The Hall–Kier alpha value is -1.23. The van der Waals surface area contributed by atoms with Crippen molar-refractivity contribution in [3.05, 3.63) is 29.8 Å². The van der Waals surface area contributed by atoms with E-state index in [2.05, 4.69) is 20.8 Å². The molecule has 0 amide bonds. The van der Waals surface area contributed by atoms with E-state index >= 15 is 0 Å². The van der Waals surface area contributed by atoms with Gasteiger partial charge in [0.2, 0.25) is 0 Å². The molecule has 0 saturated carbocycles. The predicted octanol–water partition coefficient (Wildman–Crippen LogP) is 4.93. The maximum Gasteiger partial charge on any atom is 0.419 e. The summed E-state index contributed by atoms with van der Waals surface area (Å²) in [4.78, 5) is 0. The summed E-state index contributed by atoms with van der Waals surface area (Å²) >= 11 is 0. The molecule has 1 unspecified atom stereocenters. The fraction of sp³-hybridized carbons (Fsp3) is 0.625. The monoisotopic (exact) mass is 304 g/mol. The lowest BCUT2D eigenvalue weighted by Crippen LogP contribution is -2.18. The quantitative estimate of drug-likeness (QED) is 0.788. The molecule has 0 N–H and O–H groups in total. The molecular formula is C16H23F3O2. The topological polar surface area (TPSA) is 18.5 Å². The highest BCUT2D eigenvalue weighted by Crippen LogP contribution is 2.36. The van der Waals surface area contributed by atoms with Gasteiger partial charge in [-0.2, -0.15) is 13.2 Å². The molecule has 0 aromatic heterocycles. The van der Waals surface area contributed by atoms with Crippen LogP contribution in [-0.2, 0) is 10.9 Å². The van der Waals surface area contributed by atoms with Crippen molar-refractivity contribution >= 4 is 0 Å². The number of halogens is 3. The summed E-state index contributed by atoms with van der Waals surface area (Å²) in [6.45, 7) is 7.34. The van der Waals surface area contributed by atoms with Crippen LogP contribution in [0.4, 0.5) is 13.2 Å². The number of rotatable bonds is 3. The summed E-state index contributed by atoms with van der Waals surface area (Å²) in [5.74, 6) is 0.704. The Labute approximate surface area is 124 Å². The van der Waals surface area contributed by atoms with Crippen molar-refractivity contribution in [3.63, 3.8) is 0 Å². The van der Waals surface area contributed by atoms with E-state index in [-0.39, 0.29) is 18.5 Å². The Morgan fingerprint density at radius 1 is 1.24 bits per heavy atom. The number of hydrogen-bond acceptors (Lipinski definition) is 2. The van der Waals surface area contributed by atoms with Gasteiger partial charge in [0.05, 0.1) is 11.7 Å². The fourth-order valence-corrected chi connectivity index (χ4v) is 1.79. The molecule has 0 bridgehead atoms. The van der Waals surface area contributed by atoms with Gasteiger partial charge in [0, 0.05) is 6.61 Å². The van der Waals surface area contributed by atoms with Gasteiger partial charge in [0.1, 0.15) is 12.4 Å². The molecule has 1 fully saturated rings. The number of alkyl halides is 3. The lowest BCUT2D eigenvalue weighted by atomic mass is 10.2. The van der Waals surface area contributed by atoms with Crippen LogP contribution >= 0.6 is 0 Å². The van der Waals surface area contributed by atoms with Gasteiger partial charge in [-0.05, 0) is 30.9 Å². The molecule has 1 aromatic carbocycles. The van der Waals surface area contributed by atoms with Gasteiger partial charge in [-0.3, -0.25) is 0 Å². The lowest BCUT2D eigenvalue weighted by Gasteiger charge is -2.15. The number of hydrogen-bond donors (Lipinski definition) is 0. The second-order valence-corrected chi connectivity index (χ2v) is 5.67. The van der Waals surface area contributed by atoms with E-state index in [9.17, 15) is 13.2 Å². The average Bonchev–Trinajstić information content (AvgIpc) is 2.88. The van der Waals surface area contributed by atoms with Gasteiger partial charge in [-0.15, -0.1) is 0 Å². The third-order valence-corrected chi connectivity index (χ3v) is 2.64. The van der Waals surface area contributed by atoms with E-state index in [1.807, 2.05) is 0 Å². The molecule has 2 rings (SSSR count). The Kier molecular flexibility index (Phi) is 7.02. The molecule has 2 nitrogen and oxygen atoms in total. The number of benzene rings is 1. The Morgan fingerprint density at radius 3 is 2.38 bits per heavy atom. The van der Waals surface area contributed by atoms with Crippen LogP contribution in [0.1, 0.15) is 39.2 Å². The molecule has 1 aromatic rings. The average molecular weight is 304 g/mol. The van der Waals surface area contributed by atoms with E-state index in [1.165, 1.54) is 18.2 Å². The van der Waals surface area contributed by atoms with E-state index in [1.54, 1.807) is 0 Å². The minimum atomic E-state index is -4.38. The fourth-order valence-electron chi connectivity index (χ4n) is 1.79. The van der Waals surface area contributed by atoms with Crippen LogP contribution in [0.3, 0.4) is 0 Å². The van der Waals surface area contributed by atoms with Gasteiger partial charge in [0.15, 0.2) is 0 Å². The smallest absolute Gasteiger partial charge is 0.419 e. The first-order valence-electron chi connectivity index (χ1n) is 7.21. The van der Waals surface area contributed by atoms with Crippen LogP contribution < -0.4 is 4.74 Å². The summed E-state index contributed by atoms with van der Waals surface area (Å²) < 4.78 is 48.4. The van der Waals surface area contributed by atoms with Crippen molar-refractivity contribution in [2.24, 2.45) is 5.92 Å². The lowest BCUT2D eigenvalue weighted by molar-refractivity contribution is -0.139. The molecule has 120 valence electrons. The summed E-state index contributed by atoms with van der Waals surface area (Å²) in [7, 11) is 0. The summed E-state index contributed by atoms with van der Waals surface area (Å²) in [5, 5.41) is 0. The van der Waals surface area contributed by atoms with Gasteiger partial charge in [0.25, 0.3) is 0 Å². The zero-order chi connectivity index (χ0) is 15.9. The molecule has 0 spiro atoms. The summed E-state index contributed by atoms with van der Waals surface area (Å²) in [6.07, 6.45) is -2.69. The van der Waals surface area contributed by atoms with E-state index in [0.29, 0.717) is 6.61 Å². The SMILES string of the molecule is CC(C)C.FC(F)(F)c1ccccc1OCC1CCCO1. The molecule has 1 heterocycles. The van der Waals surface area contributed by atoms with Crippen LogP contribution in [0.25, 0.3) is 0 Å². The number of ether oxygens (including phenoxy) is 2. The van der Waals surface area contributed by atoms with Crippen LogP contribution in [0.2, 0.25) is 0 Å². The summed E-state index contributed by atoms with van der Waals surface area (Å²) in [5.41, 5.74) is -0.738. The highest BCUT2D eigenvalue weighted by molar-refractivity contribution is 5.35. The third-order valence-electron chi connectivity index (χ3n) is 2.64. The van der Waals surface area contributed by atoms with Gasteiger partial charge >= 0.3 is 6.18 Å². The second kappa shape index (κ2) is 8.27. The first kappa shape index (κ1) is 17.8. The van der Waals surface area contributed by atoms with Crippen molar-refractivity contribution in [3.8, 4) is 5.75 Å². The maximum absolute atomic E-state index is 12.6. The molecule has 1 atom stereocenters. The van der Waals surface area contributed by atoms with Gasteiger partial charge in [-0.25, -0.2) is 0 Å². The molecule has 21 heavy (non-hydrogen) atoms. The molecule has 0 aliphatic carbocycles. The molecule has 0 radical (unpaired) electrons. The van der Waals surface area contributed by atoms with Crippen LogP contribution in [0.15, 0.2) is 24.3 Å². The van der Waals surface area contributed by atoms with E-state index < -0.39 is 11.7 Å². The number of para-hydroxylation sites is 1. The van der Waals surface area contributed by atoms with Crippen molar-refractivity contribution in [1.29, 1.82) is 0 Å². The van der Waals surface area contributed by atoms with Crippen LogP contribution in [0, 0.1) is 5.92 Å². The van der Waals surface area contributed by atoms with Crippen molar-refractivity contribution in [2.75, 3.05) is 13.2 Å².